The molecule has 0 aliphatic rings. The summed E-state index contributed by atoms with van der Waals surface area (Å²) in [6, 6.07) is 17.2. The summed E-state index contributed by atoms with van der Waals surface area (Å²) < 4.78 is 0. The van der Waals surface area contributed by atoms with Crippen molar-refractivity contribution in [2.24, 2.45) is 0 Å². The van der Waals surface area contributed by atoms with E-state index < -0.39 is 0 Å². The quantitative estimate of drug-likeness (QED) is 0.730. The van der Waals surface area contributed by atoms with E-state index in [4.69, 9.17) is 16.9 Å². The molecule has 0 saturated heterocycles. The van der Waals surface area contributed by atoms with Crippen molar-refractivity contribution in [3.8, 4) is 17.5 Å². The zero-order valence-corrected chi connectivity index (χ0v) is 14.5. The van der Waals surface area contributed by atoms with Gasteiger partial charge >= 0.3 is 0 Å². The minimum Gasteiger partial charge on any atom is -0.324 e. The van der Waals surface area contributed by atoms with Gasteiger partial charge in [0.2, 0.25) is 5.95 Å². The van der Waals surface area contributed by atoms with Crippen molar-refractivity contribution in [2.45, 2.75) is 19.8 Å². The Bertz CT molecular complexity index is 916. The molecule has 0 atom stereocenters. The van der Waals surface area contributed by atoms with Crippen LogP contribution in [0.25, 0.3) is 11.4 Å². The number of nitrogens with one attached hydrogen (secondary N) is 1. The SMILES string of the molecule is CCc1nc(Nc2ccc(CC#N)cc2)nc(-c2cccc(Cl)c2)n1. The van der Waals surface area contributed by atoms with E-state index in [1.54, 1.807) is 0 Å². The molecule has 2 aromatic carbocycles. The van der Waals surface area contributed by atoms with Crippen molar-refractivity contribution in [3.05, 3.63) is 64.9 Å². The summed E-state index contributed by atoms with van der Waals surface area (Å²) in [7, 11) is 0. The first-order chi connectivity index (χ1) is 12.2. The monoisotopic (exact) mass is 349 g/mol. The predicted octanol–water partition coefficient (Wildman–Crippen LogP) is 4.56. The zero-order valence-electron chi connectivity index (χ0n) is 13.7. The molecule has 0 saturated carbocycles. The molecule has 5 nitrogen and oxygen atoms in total. The average molecular weight is 350 g/mol. The fraction of sp³-hybridized carbons (Fsp3) is 0.158. The summed E-state index contributed by atoms with van der Waals surface area (Å²) in [6.07, 6.45) is 1.09. The molecule has 1 heterocycles. The van der Waals surface area contributed by atoms with Crippen LogP contribution in [-0.4, -0.2) is 15.0 Å². The third-order valence-corrected chi connectivity index (χ3v) is 3.81. The topological polar surface area (TPSA) is 74.5 Å². The van der Waals surface area contributed by atoms with Gasteiger partial charge in [-0.3, -0.25) is 0 Å². The highest BCUT2D eigenvalue weighted by atomic mass is 35.5. The summed E-state index contributed by atoms with van der Waals surface area (Å²) in [5, 5.41) is 12.6. The van der Waals surface area contributed by atoms with Gasteiger partial charge in [0.25, 0.3) is 0 Å². The van der Waals surface area contributed by atoms with Crippen LogP contribution >= 0.6 is 11.6 Å². The molecule has 3 aromatic rings. The Balaban J connectivity index is 1.91. The molecule has 0 aliphatic heterocycles. The third-order valence-electron chi connectivity index (χ3n) is 3.57. The Hall–Kier alpha value is -2.97. The minimum atomic E-state index is 0.394. The van der Waals surface area contributed by atoms with Crippen molar-refractivity contribution in [2.75, 3.05) is 5.32 Å². The van der Waals surface area contributed by atoms with Gasteiger partial charge in [0.1, 0.15) is 5.82 Å². The van der Waals surface area contributed by atoms with Gasteiger partial charge in [-0.05, 0) is 29.8 Å². The molecule has 124 valence electrons. The lowest BCUT2D eigenvalue weighted by Crippen LogP contribution is -2.05. The highest BCUT2D eigenvalue weighted by molar-refractivity contribution is 6.30. The molecular formula is C19H16ClN5. The van der Waals surface area contributed by atoms with Gasteiger partial charge in [-0.15, -0.1) is 0 Å². The molecule has 0 spiro atoms. The van der Waals surface area contributed by atoms with Crippen LogP contribution in [0.4, 0.5) is 11.6 Å². The minimum absolute atomic E-state index is 0.394. The number of hydrogen-bond acceptors (Lipinski definition) is 5. The average Bonchev–Trinajstić information content (AvgIpc) is 2.63. The van der Waals surface area contributed by atoms with Crippen LogP contribution in [0.15, 0.2) is 48.5 Å². The number of rotatable bonds is 5. The third kappa shape index (κ3) is 4.31. The molecule has 0 unspecified atom stereocenters. The number of hydrogen-bond donors (Lipinski definition) is 1. The number of aryl methyl sites for hydroxylation is 1. The van der Waals surface area contributed by atoms with Crippen LogP contribution in [0.3, 0.4) is 0 Å². The van der Waals surface area contributed by atoms with E-state index in [-0.39, 0.29) is 0 Å². The van der Waals surface area contributed by atoms with E-state index in [1.807, 2.05) is 55.5 Å². The van der Waals surface area contributed by atoms with Crippen LogP contribution in [0.2, 0.25) is 5.02 Å². The Morgan fingerprint density at radius 3 is 2.56 bits per heavy atom. The second-order valence-corrected chi connectivity index (χ2v) is 5.86. The molecular weight excluding hydrogens is 334 g/mol. The molecule has 0 radical (unpaired) electrons. The lowest BCUT2D eigenvalue weighted by Gasteiger charge is -2.09. The van der Waals surface area contributed by atoms with Crippen molar-refractivity contribution >= 4 is 23.2 Å². The first-order valence-electron chi connectivity index (χ1n) is 7.91. The maximum absolute atomic E-state index is 8.74. The van der Waals surface area contributed by atoms with Gasteiger partial charge in [-0.25, -0.2) is 4.98 Å². The number of nitrogens with zero attached hydrogens (tertiary/aromatic N) is 4. The Morgan fingerprint density at radius 2 is 1.88 bits per heavy atom. The summed E-state index contributed by atoms with van der Waals surface area (Å²) in [5.74, 6) is 1.77. The van der Waals surface area contributed by atoms with Gasteiger partial charge < -0.3 is 5.32 Å². The molecule has 1 aromatic heterocycles. The molecule has 25 heavy (non-hydrogen) atoms. The lowest BCUT2D eigenvalue weighted by molar-refractivity contribution is 0.910. The van der Waals surface area contributed by atoms with Gasteiger partial charge in [0.05, 0.1) is 12.5 Å². The normalized spacial score (nSPS) is 10.3. The summed E-state index contributed by atoms with van der Waals surface area (Å²) >= 11 is 6.07. The first kappa shape index (κ1) is 16.9. The summed E-state index contributed by atoms with van der Waals surface area (Å²) in [4.78, 5) is 13.4. The fourth-order valence-corrected chi connectivity index (χ4v) is 2.51. The molecule has 3 rings (SSSR count). The molecule has 6 heteroatoms. The Kier molecular flexibility index (Phi) is 5.22. The molecule has 0 fully saturated rings. The van der Waals surface area contributed by atoms with Crippen LogP contribution in [0.5, 0.6) is 0 Å². The lowest BCUT2D eigenvalue weighted by atomic mass is 10.1. The first-order valence-corrected chi connectivity index (χ1v) is 8.29. The molecule has 1 N–H and O–H groups in total. The van der Waals surface area contributed by atoms with E-state index in [0.717, 1.165) is 16.8 Å². The largest absolute Gasteiger partial charge is 0.324 e. The number of benzene rings is 2. The maximum Gasteiger partial charge on any atom is 0.231 e. The van der Waals surface area contributed by atoms with Crippen LogP contribution in [0.1, 0.15) is 18.3 Å². The van der Waals surface area contributed by atoms with Gasteiger partial charge in [0.15, 0.2) is 5.82 Å². The second kappa shape index (κ2) is 7.73. The standard InChI is InChI=1S/C19H16ClN5/c1-2-17-23-18(14-4-3-5-15(20)12-14)25-19(24-17)22-16-8-6-13(7-9-16)10-11-21/h3-9,12H,2,10H2,1H3,(H,22,23,24,25). The number of nitriles is 1. The number of halogens is 1. The highest BCUT2D eigenvalue weighted by Crippen LogP contribution is 2.22. The van der Waals surface area contributed by atoms with E-state index >= 15 is 0 Å². The van der Waals surface area contributed by atoms with E-state index in [9.17, 15) is 0 Å². The summed E-state index contributed by atoms with van der Waals surface area (Å²) in [5.41, 5.74) is 2.67. The Morgan fingerprint density at radius 1 is 1.08 bits per heavy atom. The molecule has 0 bridgehead atoms. The van der Waals surface area contributed by atoms with E-state index in [2.05, 4.69) is 26.3 Å². The maximum atomic E-state index is 8.74. The molecule has 0 amide bonds. The zero-order chi connectivity index (χ0) is 17.6. The Labute approximate surface area is 151 Å². The second-order valence-electron chi connectivity index (χ2n) is 5.42. The van der Waals surface area contributed by atoms with Crippen molar-refractivity contribution in [1.29, 1.82) is 5.26 Å². The van der Waals surface area contributed by atoms with Crippen LogP contribution in [-0.2, 0) is 12.8 Å². The van der Waals surface area contributed by atoms with Gasteiger partial charge in [-0.2, -0.15) is 15.2 Å². The fourth-order valence-electron chi connectivity index (χ4n) is 2.32. The van der Waals surface area contributed by atoms with Gasteiger partial charge in [-0.1, -0.05) is 42.8 Å². The van der Waals surface area contributed by atoms with E-state index in [0.29, 0.717) is 35.5 Å². The summed E-state index contributed by atoms with van der Waals surface area (Å²) in [6.45, 7) is 2.00. The van der Waals surface area contributed by atoms with Gasteiger partial charge in [0, 0.05) is 22.7 Å². The van der Waals surface area contributed by atoms with Crippen molar-refractivity contribution in [1.82, 2.24) is 15.0 Å². The van der Waals surface area contributed by atoms with Crippen molar-refractivity contribution < 1.29 is 0 Å². The molecule has 0 aliphatic carbocycles. The van der Waals surface area contributed by atoms with Crippen molar-refractivity contribution in [3.63, 3.8) is 0 Å². The predicted molar refractivity (Wildman–Crippen MR) is 98.7 cm³/mol. The highest BCUT2D eigenvalue weighted by Gasteiger charge is 2.08. The smallest absolute Gasteiger partial charge is 0.231 e. The van der Waals surface area contributed by atoms with Crippen LogP contribution in [0, 0.1) is 11.3 Å². The number of aromatic nitrogens is 3. The van der Waals surface area contributed by atoms with E-state index in [1.165, 1.54) is 0 Å². The van der Waals surface area contributed by atoms with Crippen LogP contribution < -0.4 is 5.32 Å². The number of anilines is 2.